The standard InChI is InChI=1S/C57H80N2O20/c60-14-1-20-66-32-40-78-53-42-47(6-12-51(53)76-38-33-69-23-17-63)55-56(48-7-13-52(77-39-34-70-24-18-64)54(43-48)79-41-35-71-25-19-65)59(44-45-2-8-49(9-3-45)74-36-30-72-28-26-67-21-15-61)57(58-55)46-4-10-50(11-5-46)75-37-31-73-29-27-68-22-16-62/h2-13,42-43,60-65H,1,14-41,44H2. The summed E-state index contributed by atoms with van der Waals surface area (Å²) in [6.45, 7) is 5.71. The van der Waals surface area contributed by atoms with Crippen LogP contribution in [0.15, 0.2) is 84.9 Å². The van der Waals surface area contributed by atoms with E-state index in [1.165, 1.54) is 0 Å². The fourth-order valence-electron chi connectivity index (χ4n) is 7.49. The minimum absolute atomic E-state index is 0.0111. The van der Waals surface area contributed by atoms with Crippen molar-refractivity contribution in [2.24, 2.45) is 0 Å². The highest BCUT2D eigenvalue weighted by atomic mass is 16.6. The van der Waals surface area contributed by atoms with E-state index in [2.05, 4.69) is 4.57 Å². The predicted octanol–water partition coefficient (Wildman–Crippen LogP) is 3.68. The van der Waals surface area contributed by atoms with Crippen molar-refractivity contribution in [3.05, 3.63) is 90.5 Å². The molecule has 1 aromatic heterocycles. The van der Waals surface area contributed by atoms with Gasteiger partial charge in [-0.25, -0.2) is 4.98 Å². The molecule has 79 heavy (non-hydrogen) atoms. The van der Waals surface area contributed by atoms with Gasteiger partial charge in [-0.15, -0.1) is 0 Å². The second kappa shape index (κ2) is 40.5. The number of aromatic nitrogens is 2. The lowest BCUT2D eigenvalue weighted by Gasteiger charge is -2.18. The molecule has 0 amide bonds. The van der Waals surface area contributed by atoms with Gasteiger partial charge in [-0.05, 0) is 84.8 Å². The SMILES string of the molecule is OCCCOCCOc1cc(-c2nc(-c3ccc(OCCOCCOCCO)cc3)n(Cc3ccc(OCCOCCOCCO)cc3)c2-c2ccc(OCCOCCO)c(OCCOCCO)c2)ccc1OCCOCCO. The van der Waals surface area contributed by atoms with Crippen LogP contribution in [0.5, 0.6) is 34.5 Å². The van der Waals surface area contributed by atoms with Gasteiger partial charge in [0.05, 0.1) is 144 Å². The molecule has 0 atom stereocenters. The van der Waals surface area contributed by atoms with Crippen molar-refractivity contribution in [1.82, 2.24) is 9.55 Å². The van der Waals surface area contributed by atoms with Gasteiger partial charge >= 0.3 is 0 Å². The van der Waals surface area contributed by atoms with Gasteiger partial charge in [0, 0.05) is 36.4 Å². The van der Waals surface area contributed by atoms with Crippen LogP contribution in [0.25, 0.3) is 33.9 Å². The molecule has 5 aromatic rings. The first-order valence-electron chi connectivity index (χ1n) is 26.7. The lowest BCUT2D eigenvalue weighted by Crippen LogP contribution is -2.12. The number of imidazole rings is 1. The summed E-state index contributed by atoms with van der Waals surface area (Å²) in [5.41, 5.74) is 4.40. The molecule has 0 bridgehead atoms. The summed E-state index contributed by atoms with van der Waals surface area (Å²) in [7, 11) is 0. The topological polar surface area (TPSA) is 268 Å². The van der Waals surface area contributed by atoms with Gasteiger partial charge in [0.1, 0.15) is 57.0 Å². The zero-order valence-electron chi connectivity index (χ0n) is 45.1. The Morgan fingerprint density at radius 2 is 0.671 bits per heavy atom. The molecular formula is C57H80N2O20. The minimum Gasteiger partial charge on any atom is -0.491 e. The van der Waals surface area contributed by atoms with Crippen molar-refractivity contribution in [1.29, 1.82) is 0 Å². The van der Waals surface area contributed by atoms with E-state index < -0.39 is 0 Å². The molecule has 1 heterocycles. The highest BCUT2D eigenvalue weighted by Gasteiger charge is 2.25. The second-order valence-electron chi connectivity index (χ2n) is 16.9. The number of benzene rings is 4. The fraction of sp³-hybridized carbons (Fsp3) is 0.526. The van der Waals surface area contributed by atoms with Crippen molar-refractivity contribution in [2.45, 2.75) is 13.0 Å². The molecule has 5 rings (SSSR count). The van der Waals surface area contributed by atoms with Gasteiger partial charge in [-0.2, -0.15) is 0 Å². The van der Waals surface area contributed by atoms with E-state index in [-0.39, 0.29) is 126 Å². The summed E-state index contributed by atoms with van der Waals surface area (Å²) in [5.74, 6) is 3.63. The summed E-state index contributed by atoms with van der Waals surface area (Å²) in [4.78, 5) is 5.47. The average molecular weight is 1110 g/mol. The highest BCUT2D eigenvalue weighted by Crippen LogP contribution is 2.43. The molecule has 0 saturated heterocycles. The van der Waals surface area contributed by atoms with Gasteiger partial charge in [0.25, 0.3) is 0 Å². The molecular weight excluding hydrogens is 1030 g/mol. The summed E-state index contributed by atoms with van der Waals surface area (Å²) in [6.07, 6.45) is 0.494. The first-order valence-corrected chi connectivity index (χ1v) is 26.7. The molecule has 0 saturated carbocycles. The van der Waals surface area contributed by atoms with Crippen LogP contribution in [0, 0.1) is 0 Å². The number of aliphatic hydroxyl groups excluding tert-OH is 6. The number of hydrogen-bond donors (Lipinski definition) is 6. The third-order valence-electron chi connectivity index (χ3n) is 11.1. The zero-order valence-corrected chi connectivity index (χ0v) is 45.1. The number of rotatable bonds is 48. The monoisotopic (exact) mass is 1110 g/mol. The summed E-state index contributed by atoms with van der Waals surface area (Å²) in [6, 6.07) is 26.7. The molecule has 0 aliphatic carbocycles. The van der Waals surface area contributed by atoms with Gasteiger partial charge in [-0.3, -0.25) is 0 Å². The largest absolute Gasteiger partial charge is 0.491 e. The van der Waals surface area contributed by atoms with Gasteiger partial charge in [0.2, 0.25) is 0 Å². The Morgan fingerprint density at radius 3 is 1.11 bits per heavy atom. The van der Waals surface area contributed by atoms with Gasteiger partial charge in [0.15, 0.2) is 23.0 Å². The van der Waals surface area contributed by atoms with Crippen molar-refractivity contribution in [3.8, 4) is 68.4 Å². The Hall–Kier alpha value is -5.67. The van der Waals surface area contributed by atoms with Crippen LogP contribution in [0.4, 0.5) is 0 Å². The molecule has 4 aromatic carbocycles. The van der Waals surface area contributed by atoms with Crippen LogP contribution in [-0.4, -0.2) is 225 Å². The van der Waals surface area contributed by atoms with E-state index in [9.17, 15) is 20.4 Å². The third-order valence-corrected chi connectivity index (χ3v) is 11.1. The summed E-state index contributed by atoms with van der Waals surface area (Å²) >= 11 is 0. The van der Waals surface area contributed by atoms with E-state index >= 15 is 0 Å². The van der Waals surface area contributed by atoms with E-state index in [0.29, 0.717) is 135 Å². The van der Waals surface area contributed by atoms with Crippen LogP contribution >= 0.6 is 0 Å². The predicted molar refractivity (Wildman–Crippen MR) is 291 cm³/mol. The van der Waals surface area contributed by atoms with Crippen LogP contribution < -0.4 is 28.4 Å². The second-order valence-corrected chi connectivity index (χ2v) is 16.9. The van der Waals surface area contributed by atoms with Gasteiger partial charge < -0.3 is 102 Å². The highest BCUT2D eigenvalue weighted by molar-refractivity contribution is 5.84. The Morgan fingerprint density at radius 1 is 0.316 bits per heavy atom. The maximum Gasteiger partial charge on any atom is 0.161 e. The summed E-state index contributed by atoms with van der Waals surface area (Å²) in [5, 5.41) is 55.0. The van der Waals surface area contributed by atoms with Crippen LogP contribution in [0.3, 0.4) is 0 Å². The molecule has 0 spiro atoms. The Kier molecular flexibility index (Phi) is 32.9. The number of nitrogens with zero attached hydrogens (tertiary/aromatic N) is 2. The van der Waals surface area contributed by atoms with E-state index in [4.69, 9.17) is 81.5 Å². The Balaban J connectivity index is 1.61. The van der Waals surface area contributed by atoms with Crippen molar-refractivity contribution in [3.63, 3.8) is 0 Å². The molecule has 22 nitrogen and oxygen atoms in total. The number of hydrogen-bond acceptors (Lipinski definition) is 21. The first kappa shape index (κ1) is 64.2. The fourth-order valence-corrected chi connectivity index (χ4v) is 7.49. The maximum absolute atomic E-state index is 9.35. The van der Waals surface area contributed by atoms with Crippen molar-refractivity contribution < 1.29 is 97.0 Å². The first-order chi connectivity index (χ1) is 39.0. The molecule has 0 aliphatic rings. The molecule has 0 fully saturated rings. The number of aliphatic hydroxyl groups is 6. The van der Waals surface area contributed by atoms with Crippen LogP contribution in [0.2, 0.25) is 0 Å². The maximum atomic E-state index is 9.35. The quantitative estimate of drug-likeness (QED) is 0.0303. The van der Waals surface area contributed by atoms with E-state index in [1.807, 2.05) is 84.9 Å². The van der Waals surface area contributed by atoms with Crippen LogP contribution in [-0.2, 0) is 44.4 Å². The molecule has 0 unspecified atom stereocenters. The molecule has 0 aliphatic heterocycles. The number of ether oxygens (including phenoxy) is 14. The molecule has 438 valence electrons. The van der Waals surface area contributed by atoms with Crippen molar-refractivity contribution >= 4 is 0 Å². The van der Waals surface area contributed by atoms with Crippen molar-refractivity contribution in [2.75, 3.05) is 185 Å². The molecule has 0 radical (unpaired) electrons. The Bertz CT molecular complexity index is 2340. The summed E-state index contributed by atoms with van der Waals surface area (Å²) < 4.78 is 83.3. The Labute approximate surface area is 462 Å². The third kappa shape index (κ3) is 24.3. The van der Waals surface area contributed by atoms with Gasteiger partial charge in [-0.1, -0.05) is 12.1 Å². The van der Waals surface area contributed by atoms with E-state index in [0.717, 1.165) is 11.1 Å². The van der Waals surface area contributed by atoms with Crippen LogP contribution in [0.1, 0.15) is 12.0 Å². The minimum atomic E-state index is -0.132. The molecule has 6 N–H and O–H groups in total. The zero-order chi connectivity index (χ0) is 55.8. The lowest BCUT2D eigenvalue weighted by atomic mass is 10.0. The normalized spacial score (nSPS) is 11.3. The molecule has 22 heteroatoms. The van der Waals surface area contributed by atoms with E-state index in [1.54, 1.807) is 0 Å². The lowest BCUT2D eigenvalue weighted by molar-refractivity contribution is 0.0247. The average Bonchev–Trinajstić information content (AvgIpc) is 3.95. The smallest absolute Gasteiger partial charge is 0.161 e.